The van der Waals surface area contributed by atoms with Gasteiger partial charge in [0, 0.05) is 37.8 Å². The molecule has 2 heterocycles. The van der Waals surface area contributed by atoms with E-state index in [4.69, 9.17) is 37.4 Å². The van der Waals surface area contributed by atoms with E-state index in [1.54, 1.807) is 38.4 Å². The molecule has 11 nitrogen and oxygen atoms in total. The van der Waals surface area contributed by atoms with Crippen LogP contribution in [0.25, 0.3) is 0 Å². The standard InChI is InChI=1S/C30H31Cl2N3O8S/c1-33(2)28(37)24-12-17(36)16-34(24)30(19-8-6-7-9-25(19)42-4)20-14-21(31)22(32)15-23(20)35(29(30)38)44(39,40)27-11-10-18(41-3)13-26(27)43-5/h6-11,13-15,17,24,36H,12,16H2,1-5H3/t17-,24+,30+/m1/s1. The van der Waals surface area contributed by atoms with E-state index in [2.05, 4.69) is 0 Å². The van der Waals surface area contributed by atoms with Gasteiger partial charge in [-0.2, -0.15) is 0 Å². The number of amides is 2. The number of aliphatic hydroxyl groups excluding tert-OH is 1. The quantitative estimate of drug-likeness (QED) is 0.385. The van der Waals surface area contributed by atoms with E-state index in [-0.39, 0.29) is 62.1 Å². The van der Waals surface area contributed by atoms with E-state index in [0.29, 0.717) is 10.1 Å². The first kappa shape index (κ1) is 31.9. The topological polar surface area (TPSA) is 126 Å². The number of methoxy groups -OCH3 is 3. The van der Waals surface area contributed by atoms with E-state index >= 15 is 4.79 Å². The molecule has 0 saturated carbocycles. The van der Waals surface area contributed by atoms with Crippen LogP contribution in [-0.2, 0) is 25.2 Å². The minimum atomic E-state index is -4.72. The van der Waals surface area contributed by atoms with Crippen molar-refractivity contribution < 1.29 is 37.3 Å². The highest BCUT2D eigenvalue weighted by Crippen LogP contribution is 2.56. The van der Waals surface area contributed by atoms with Gasteiger partial charge in [0.15, 0.2) is 5.54 Å². The van der Waals surface area contributed by atoms with Crippen molar-refractivity contribution in [2.75, 3.05) is 46.3 Å². The van der Waals surface area contributed by atoms with Crippen molar-refractivity contribution in [2.24, 2.45) is 0 Å². The van der Waals surface area contributed by atoms with Gasteiger partial charge in [-0.05, 0) is 36.8 Å². The van der Waals surface area contributed by atoms with Gasteiger partial charge in [0.25, 0.3) is 15.9 Å². The average molecular weight is 665 g/mol. The molecule has 2 aliphatic heterocycles. The fourth-order valence-electron chi connectivity index (χ4n) is 6.04. The first-order valence-electron chi connectivity index (χ1n) is 13.4. The van der Waals surface area contributed by atoms with E-state index in [1.165, 1.54) is 61.5 Å². The van der Waals surface area contributed by atoms with Gasteiger partial charge in [-0.1, -0.05) is 41.4 Å². The molecule has 1 fully saturated rings. The van der Waals surface area contributed by atoms with E-state index in [1.807, 2.05) is 0 Å². The lowest BCUT2D eigenvalue weighted by molar-refractivity contribution is -0.138. The number of ether oxygens (including phenoxy) is 3. The first-order chi connectivity index (χ1) is 20.8. The lowest BCUT2D eigenvalue weighted by Crippen LogP contribution is -2.59. The van der Waals surface area contributed by atoms with Crippen molar-refractivity contribution in [2.45, 2.75) is 29.0 Å². The summed E-state index contributed by atoms with van der Waals surface area (Å²) < 4.78 is 46.2. The molecule has 14 heteroatoms. The number of nitrogens with zero attached hydrogens (tertiary/aromatic N) is 3. The number of hydrogen-bond donors (Lipinski definition) is 1. The predicted octanol–water partition coefficient (Wildman–Crippen LogP) is 3.52. The van der Waals surface area contributed by atoms with Crippen LogP contribution in [0.1, 0.15) is 17.5 Å². The van der Waals surface area contributed by atoms with Crippen LogP contribution in [-0.4, -0.2) is 89.3 Å². The third-order valence-electron chi connectivity index (χ3n) is 7.96. The summed E-state index contributed by atoms with van der Waals surface area (Å²) in [4.78, 5) is 31.4. The molecule has 3 aromatic carbocycles. The van der Waals surface area contributed by atoms with Crippen molar-refractivity contribution >= 4 is 50.7 Å². The Morgan fingerprint density at radius 3 is 2.25 bits per heavy atom. The minimum absolute atomic E-state index is 0.00156. The summed E-state index contributed by atoms with van der Waals surface area (Å²) in [6, 6.07) is 12.4. The largest absolute Gasteiger partial charge is 0.497 e. The molecule has 3 atom stereocenters. The van der Waals surface area contributed by atoms with Crippen LogP contribution in [0.4, 0.5) is 5.69 Å². The Morgan fingerprint density at radius 1 is 0.955 bits per heavy atom. The molecule has 3 aromatic rings. The molecule has 0 unspecified atom stereocenters. The number of aliphatic hydroxyl groups is 1. The average Bonchev–Trinajstić information content (AvgIpc) is 3.51. The highest BCUT2D eigenvalue weighted by molar-refractivity contribution is 7.93. The molecule has 2 amide bonds. The maximum Gasteiger partial charge on any atom is 0.274 e. The van der Waals surface area contributed by atoms with Crippen LogP contribution in [0.15, 0.2) is 59.5 Å². The molecule has 0 radical (unpaired) electrons. The molecule has 44 heavy (non-hydrogen) atoms. The van der Waals surface area contributed by atoms with Crippen molar-refractivity contribution in [3.8, 4) is 17.2 Å². The summed E-state index contributed by atoms with van der Waals surface area (Å²) in [6.45, 7) is -0.145. The van der Waals surface area contributed by atoms with Gasteiger partial charge in [-0.15, -0.1) is 0 Å². The Morgan fingerprint density at radius 2 is 1.61 bits per heavy atom. The second-order valence-corrected chi connectivity index (χ2v) is 13.1. The Labute approximate surface area is 265 Å². The summed E-state index contributed by atoms with van der Waals surface area (Å²) in [5, 5.41) is 11.0. The van der Waals surface area contributed by atoms with Crippen LogP contribution in [0.5, 0.6) is 17.2 Å². The third-order valence-corrected chi connectivity index (χ3v) is 10.4. The number of anilines is 1. The molecule has 0 spiro atoms. The number of benzene rings is 3. The zero-order valence-electron chi connectivity index (χ0n) is 24.6. The number of likely N-dealkylation sites (N-methyl/N-ethyl adjacent to an activating group) is 1. The zero-order valence-corrected chi connectivity index (χ0v) is 26.9. The Kier molecular flexibility index (Phi) is 8.51. The molecular weight excluding hydrogens is 633 g/mol. The zero-order chi connectivity index (χ0) is 32.1. The number of sulfonamides is 1. The van der Waals surface area contributed by atoms with Gasteiger partial charge in [-0.3, -0.25) is 14.5 Å². The maximum absolute atomic E-state index is 15.2. The van der Waals surface area contributed by atoms with Crippen molar-refractivity contribution in [1.82, 2.24) is 9.80 Å². The van der Waals surface area contributed by atoms with Crippen LogP contribution >= 0.6 is 23.2 Å². The molecule has 2 aliphatic rings. The number of hydrogen-bond acceptors (Lipinski definition) is 9. The monoisotopic (exact) mass is 663 g/mol. The Hall–Kier alpha value is -3.55. The van der Waals surface area contributed by atoms with Crippen LogP contribution in [0, 0.1) is 0 Å². The highest BCUT2D eigenvalue weighted by Gasteiger charge is 2.64. The smallest absolute Gasteiger partial charge is 0.274 e. The summed E-state index contributed by atoms with van der Waals surface area (Å²) in [7, 11) is 2.55. The minimum Gasteiger partial charge on any atom is -0.497 e. The van der Waals surface area contributed by atoms with Crippen molar-refractivity contribution in [3.05, 3.63) is 75.8 Å². The molecule has 1 N–H and O–H groups in total. The summed E-state index contributed by atoms with van der Waals surface area (Å²) >= 11 is 13.0. The Bertz CT molecular complexity index is 1750. The second-order valence-electron chi connectivity index (χ2n) is 10.6. The Balaban J connectivity index is 1.89. The highest BCUT2D eigenvalue weighted by atomic mass is 35.5. The lowest BCUT2D eigenvalue weighted by Gasteiger charge is -2.42. The number of likely N-dealkylation sites (tertiary alicyclic amines) is 1. The number of para-hydroxylation sites is 1. The second kappa shape index (κ2) is 11.8. The van der Waals surface area contributed by atoms with Crippen molar-refractivity contribution in [1.29, 1.82) is 0 Å². The molecule has 0 aromatic heterocycles. The number of β-amino-alcohol motifs (C(OH)–C–C–N with tert-alkyl or cyclic N) is 1. The fourth-order valence-corrected chi connectivity index (χ4v) is 7.96. The number of carbonyl (C=O) groups excluding carboxylic acids is 2. The van der Waals surface area contributed by atoms with Crippen LogP contribution < -0.4 is 18.5 Å². The molecule has 5 rings (SSSR count). The van der Waals surface area contributed by atoms with Crippen molar-refractivity contribution in [3.63, 3.8) is 0 Å². The first-order valence-corrected chi connectivity index (χ1v) is 15.6. The third kappa shape index (κ3) is 4.76. The number of rotatable bonds is 8. The van der Waals surface area contributed by atoms with E-state index < -0.39 is 33.6 Å². The molecule has 1 saturated heterocycles. The number of fused-ring (bicyclic) bond motifs is 1. The molecule has 0 bridgehead atoms. The summed E-state index contributed by atoms with van der Waals surface area (Å²) in [6.07, 6.45) is -1.02. The normalized spacial score (nSPS) is 21.7. The van der Waals surface area contributed by atoms with Crippen LogP contribution in [0.3, 0.4) is 0 Å². The van der Waals surface area contributed by atoms with Crippen LogP contribution in [0.2, 0.25) is 10.0 Å². The SMILES string of the molecule is COc1ccc(S(=O)(=O)N2C(=O)[C@@](c3ccccc3OC)(N3C[C@H](O)C[C@H]3C(=O)N(C)C)c3cc(Cl)c(Cl)cc32)c(OC)c1. The van der Waals surface area contributed by atoms with Gasteiger partial charge in [0.2, 0.25) is 5.91 Å². The predicted molar refractivity (Wildman–Crippen MR) is 164 cm³/mol. The molecular formula is C30H31Cl2N3O8S. The lowest BCUT2D eigenvalue weighted by atomic mass is 9.80. The maximum atomic E-state index is 15.2. The van der Waals surface area contributed by atoms with Gasteiger partial charge in [0.05, 0.1) is 49.2 Å². The van der Waals surface area contributed by atoms with E-state index in [9.17, 15) is 18.3 Å². The number of carbonyl (C=O) groups is 2. The summed E-state index contributed by atoms with van der Waals surface area (Å²) in [5.74, 6) is -0.812. The van der Waals surface area contributed by atoms with Gasteiger partial charge in [-0.25, -0.2) is 12.7 Å². The number of halogens is 2. The van der Waals surface area contributed by atoms with Gasteiger partial charge < -0.3 is 24.2 Å². The fraction of sp³-hybridized carbons (Fsp3) is 0.333. The van der Waals surface area contributed by atoms with Gasteiger partial charge in [0.1, 0.15) is 22.1 Å². The van der Waals surface area contributed by atoms with E-state index in [0.717, 1.165) is 0 Å². The molecule has 234 valence electrons. The molecule has 0 aliphatic carbocycles. The van der Waals surface area contributed by atoms with Gasteiger partial charge >= 0.3 is 0 Å². The summed E-state index contributed by atoms with van der Waals surface area (Å²) in [5.41, 5.74) is -1.69.